The van der Waals surface area contributed by atoms with Crippen LogP contribution in [-0.2, 0) is 4.79 Å². The molecule has 0 atom stereocenters. The number of Topliss-reactive ketones (excluding diaryl/α,β-unsaturated/α-hetero) is 1. The van der Waals surface area contributed by atoms with Crippen LogP contribution in [0, 0.1) is 11.6 Å². The van der Waals surface area contributed by atoms with Gasteiger partial charge in [0.15, 0.2) is 0 Å². The molecule has 0 aliphatic rings. The zero-order valence-corrected chi connectivity index (χ0v) is 12.5. The Labute approximate surface area is 135 Å². The number of hydrogen-bond donors (Lipinski definition) is 2. The molecule has 0 spiro atoms. The first-order chi connectivity index (χ1) is 11.5. The summed E-state index contributed by atoms with van der Waals surface area (Å²) in [5, 5.41) is 2.65. The molecular formula is C17H12F2N2O3. The van der Waals surface area contributed by atoms with Crippen molar-refractivity contribution in [1.82, 2.24) is 4.98 Å². The Hall–Kier alpha value is -3.22. The third-order valence-electron chi connectivity index (χ3n) is 3.52. The molecule has 0 bridgehead atoms. The Morgan fingerprint density at radius 2 is 1.92 bits per heavy atom. The second kappa shape index (κ2) is 6.11. The Bertz CT molecular complexity index is 950. The van der Waals surface area contributed by atoms with E-state index in [1.165, 1.54) is 13.3 Å². The van der Waals surface area contributed by atoms with Crippen molar-refractivity contribution in [3.05, 3.63) is 59.8 Å². The lowest BCUT2D eigenvalue weighted by atomic mass is 10.1. The molecule has 1 heterocycles. The molecule has 0 fully saturated rings. The first-order valence-corrected chi connectivity index (χ1v) is 6.95. The van der Waals surface area contributed by atoms with Crippen LogP contribution >= 0.6 is 0 Å². The first kappa shape index (κ1) is 15.7. The van der Waals surface area contributed by atoms with E-state index in [-0.39, 0.29) is 11.3 Å². The predicted octanol–water partition coefficient (Wildman–Crippen LogP) is 3.28. The molecule has 1 aromatic heterocycles. The van der Waals surface area contributed by atoms with Crippen molar-refractivity contribution in [2.45, 2.75) is 0 Å². The lowest BCUT2D eigenvalue weighted by molar-refractivity contribution is -0.112. The largest absolute Gasteiger partial charge is 0.497 e. The quantitative estimate of drug-likeness (QED) is 0.570. The summed E-state index contributed by atoms with van der Waals surface area (Å²) >= 11 is 0. The van der Waals surface area contributed by atoms with Gasteiger partial charge >= 0.3 is 0 Å². The third-order valence-corrected chi connectivity index (χ3v) is 3.52. The zero-order valence-electron chi connectivity index (χ0n) is 12.5. The van der Waals surface area contributed by atoms with E-state index < -0.39 is 23.3 Å². The van der Waals surface area contributed by atoms with Gasteiger partial charge in [0.1, 0.15) is 17.4 Å². The monoisotopic (exact) mass is 330 g/mol. The highest BCUT2D eigenvalue weighted by molar-refractivity contribution is 6.48. The van der Waals surface area contributed by atoms with Crippen LogP contribution in [0.15, 0.2) is 42.6 Å². The summed E-state index contributed by atoms with van der Waals surface area (Å²) in [6, 6.07) is 7.69. The van der Waals surface area contributed by atoms with Gasteiger partial charge in [-0.3, -0.25) is 9.59 Å². The zero-order chi connectivity index (χ0) is 17.3. The van der Waals surface area contributed by atoms with E-state index in [0.717, 1.165) is 12.1 Å². The van der Waals surface area contributed by atoms with Gasteiger partial charge in [0.05, 0.1) is 18.4 Å². The van der Waals surface area contributed by atoms with Crippen LogP contribution in [0.3, 0.4) is 0 Å². The lowest BCUT2D eigenvalue weighted by Gasteiger charge is -2.05. The molecule has 5 nitrogen and oxygen atoms in total. The molecular weight excluding hydrogens is 318 g/mol. The van der Waals surface area contributed by atoms with Gasteiger partial charge < -0.3 is 15.0 Å². The number of methoxy groups -OCH3 is 1. The van der Waals surface area contributed by atoms with Crippen LogP contribution in [0.1, 0.15) is 10.4 Å². The van der Waals surface area contributed by atoms with Gasteiger partial charge in [-0.1, -0.05) is 0 Å². The van der Waals surface area contributed by atoms with E-state index in [1.54, 1.807) is 18.2 Å². The first-order valence-electron chi connectivity index (χ1n) is 6.95. The fourth-order valence-corrected chi connectivity index (χ4v) is 2.31. The van der Waals surface area contributed by atoms with Crippen LogP contribution in [-0.4, -0.2) is 23.8 Å². The van der Waals surface area contributed by atoms with Crippen LogP contribution in [0.5, 0.6) is 5.75 Å². The average Bonchev–Trinajstić information content (AvgIpc) is 2.99. The molecule has 0 unspecified atom stereocenters. The maximum absolute atomic E-state index is 13.6. The second-order valence-electron chi connectivity index (χ2n) is 5.02. The van der Waals surface area contributed by atoms with Crippen molar-refractivity contribution in [1.29, 1.82) is 0 Å². The highest BCUT2D eigenvalue weighted by Gasteiger charge is 2.21. The molecule has 1 amide bonds. The molecule has 0 saturated heterocycles. The van der Waals surface area contributed by atoms with Gasteiger partial charge in [-0.25, -0.2) is 8.78 Å². The Kier molecular flexibility index (Phi) is 3.99. The Morgan fingerprint density at radius 3 is 2.62 bits per heavy atom. The van der Waals surface area contributed by atoms with Crippen LogP contribution in [0.2, 0.25) is 0 Å². The minimum absolute atomic E-state index is 0.129. The number of H-pyrrole nitrogens is 1. The van der Waals surface area contributed by atoms with Crippen molar-refractivity contribution >= 4 is 28.3 Å². The van der Waals surface area contributed by atoms with Gasteiger partial charge in [-0.05, 0) is 30.3 Å². The number of benzene rings is 2. The molecule has 0 aliphatic carbocycles. The second-order valence-corrected chi connectivity index (χ2v) is 5.02. The number of aromatic amines is 1. The van der Waals surface area contributed by atoms with Crippen molar-refractivity contribution in [3.8, 4) is 5.75 Å². The van der Waals surface area contributed by atoms with Gasteiger partial charge in [0.25, 0.3) is 11.7 Å². The molecule has 122 valence electrons. The summed E-state index contributed by atoms with van der Waals surface area (Å²) in [6.45, 7) is 0. The minimum Gasteiger partial charge on any atom is -0.497 e. The number of aromatic nitrogens is 1. The minimum atomic E-state index is -1.02. The predicted molar refractivity (Wildman–Crippen MR) is 84.2 cm³/mol. The molecule has 0 aliphatic heterocycles. The summed E-state index contributed by atoms with van der Waals surface area (Å²) in [5.41, 5.74) is 0.510. The molecule has 24 heavy (non-hydrogen) atoms. The summed E-state index contributed by atoms with van der Waals surface area (Å²) in [4.78, 5) is 27.3. The highest BCUT2D eigenvalue weighted by atomic mass is 19.1. The number of nitrogens with one attached hydrogen (secondary N) is 2. The smallest absolute Gasteiger partial charge is 0.296 e. The molecule has 3 aromatic rings. The fourth-order valence-electron chi connectivity index (χ4n) is 2.31. The lowest BCUT2D eigenvalue weighted by Crippen LogP contribution is -2.23. The number of halogens is 2. The molecule has 2 N–H and O–H groups in total. The van der Waals surface area contributed by atoms with Crippen LogP contribution < -0.4 is 10.1 Å². The van der Waals surface area contributed by atoms with Crippen LogP contribution in [0.4, 0.5) is 14.5 Å². The number of rotatable bonds is 4. The van der Waals surface area contributed by atoms with Crippen molar-refractivity contribution in [2.75, 3.05) is 12.4 Å². The van der Waals surface area contributed by atoms with E-state index in [0.29, 0.717) is 22.7 Å². The number of carbonyl (C=O) groups excluding carboxylic acids is 2. The maximum Gasteiger partial charge on any atom is 0.296 e. The van der Waals surface area contributed by atoms with Gasteiger partial charge in [-0.15, -0.1) is 0 Å². The summed E-state index contributed by atoms with van der Waals surface area (Å²) in [5.74, 6) is -3.08. The maximum atomic E-state index is 13.6. The number of fused-ring (bicyclic) bond motifs is 1. The third kappa shape index (κ3) is 2.83. The summed E-state index contributed by atoms with van der Waals surface area (Å²) in [6.07, 6.45) is 1.40. The molecule has 2 aromatic carbocycles. The van der Waals surface area contributed by atoms with E-state index in [4.69, 9.17) is 4.74 Å². The number of ether oxygens (including phenoxy) is 1. The van der Waals surface area contributed by atoms with Crippen molar-refractivity contribution in [2.24, 2.45) is 0 Å². The normalized spacial score (nSPS) is 10.6. The highest BCUT2D eigenvalue weighted by Crippen LogP contribution is 2.24. The van der Waals surface area contributed by atoms with E-state index >= 15 is 0 Å². The summed E-state index contributed by atoms with van der Waals surface area (Å²) in [7, 11) is 1.49. The number of ketones is 1. The Morgan fingerprint density at radius 1 is 1.12 bits per heavy atom. The van der Waals surface area contributed by atoms with Gasteiger partial charge in [0, 0.05) is 23.2 Å². The SMILES string of the molecule is COc1ccc2[nH]cc(C(=O)C(=O)Nc3ccc(F)cc3F)c2c1. The van der Waals surface area contributed by atoms with Crippen LogP contribution in [0.25, 0.3) is 10.9 Å². The van der Waals surface area contributed by atoms with E-state index in [9.17, 15) is 18.4 Å². The number of anilines is 1. The number of hydrogen-bond acceptors (Lipinski definition) is 3. The fraction of sp³-hybridized carbons (Fsp3) is 0.0588. The number of amides is 1. The van der Waals surface area contributed by atoms with E-state index in [2.05, 4.69) is 10.3 Å². The van der Waals surface area contributed by atoms with Gasteiger partial charge in [0.2, 0.25) is 0 Å². The summed E-state index contributed by atoms with van der Waals surface area (Å²) < 4.78 is 31.6. The van der Waals surface area contributed by atoms with E-state index in [1.807, 2.05) is 0 Å². The number of carbonyl (C=O) groups is 2. The van der Waals surface area contributed by atoms with Crippen molar-refractivity contribution in [3.63, 3.8) is 0 Å². The average molecular weight is 330 g/mol. The molecule has 0 radical (unpaired) electrons. The molecule has 7 heteroatoms. The standard InChI is InChI=1S/C17H12F2N2O3/c1-24-10-3-5-14-11(7-10)12(8-20-14)16(22)17(23)21-15-4-2-9(18)6-13(15)19/h2-8,20H,1H3,(H,21,23). The van der Waals surface area contributed by atoms with Crippen molar-refractivity contribution < 1.29 is 23.1 Å². The topological polar surface area (TPSA) is 71.2 Å². The Balaban J connectivity index is 1.89. The molecule has 3 rings (SSSR count). The molecule has 0 saturated carbocycles. The van der Waals surface area contributed by atoms with Gasteiger partial charge in [-0.2, -0.15) is 0 Å².